The second kappa shape index (κ2) is 7.81. The highest BCUT2D eigenvalue weighted by Crippen LogP contribution is 2.32. The first-order chi connectivity index (χ1) is 16.1. The molecule has 2 saturated heterocycles. The number of nitrogens with one attached hydrogen (secondary N) is 2. The fraction of sp³-hybridized carbons (Fsp3) is 0.360. The van der Waals surface area contributed by atoms with Crippen LogP contribution in [0.4, 0.5) is 0 Å². The van der Waals surface area contributed by atoms with Crippen LogP contribution in [0.5, 0.6) is 0 Å². The number of hydrogen-bond acceptors (Lipinski definition) is 5. The average Bonchev–Trinajstić information content (AvgIpc) is 3.54. The molecule has 1 atom stereocenters. The van der Waals surface area contributed by atoms with E-state index in [4.69, 9.17) is 4.98 Å². The fourth-order valence-electron chi connectivity index (χ4n) is 5.30. The highest BCUT2D eigenvalue weighted by Gasteiger charge is 2.39. The van der Waals surface area contributed by atoms with Gasteiger partial charge in [-0.15, -0.1) is 0 Å². The van der Waals surface area contributed by atoms with Crippen LogP contribution in [0.3, 0.4) is 0 Å². The Hall–Kier alpha value is -3.52. The van der Waals surface area contributed by atoms with Crippen molar-refractivity contribution in [3.05, 3.63) is 53.2 Å². The zero-order chi connectivity index (χ0) is 22.5. The van der Waals surface area contributed by atoms with E-state index in [9.17, 15) is 14.4 Å². The number of aromatic nitrogens is 2. The van der Waals surface area contributed by atoms with Crippen LogP contribution >= 0.6 is 0 Å². The van der Waals surface area contributed by atoms with Crippen molar-refractivity contribution in [3.63, 3.8) is 0 Å². The summed E-state index contributed by atoms with van der Waals surface area (Å²) in [5.74, 6) is -0.829. The molecule has 1 unspecified atom stereocenters. The Morgan fingerprint density at radius 2 is 1.91 bits per heavy atom. The number of imide groups is 1. The Morgan fingerprint density at radius 1 is 1.06 bits per heavy atom. The minimum atomic E-state index is -0.605. The molecule has 3 amide bonds. The molecule has 0 bridgehead atoms. The molecule has 1 aromatic carbocycles. The van der Waals surface area contributed by atoms with E-state index in [1.54, 1.807) is 4.90 Å². The molecular formula is C25H25N5O3. The lowest BCUT2D eigenvalue weighted by Crippen LogP contribution is -2.52. The van der Waals surface area contributed by atoms with Crippen LogP contribution in [0.25, 0.3) is 22.3 Å². The number of carbonyl (C=O) groups is 3. The van der Waals surface area contributed by atoms with Crippen LogP contribution in [0.15, 0.2) is 36.5 Å². The molecule has 2 N–H and O–H groups in total. The van der Waals surface area contributed by atoms with Crippen LogP contribution in [0.2, 0.25) is 0 Å². The molecule has 8 heteroatoms. The second-order valence-electron chi connectivity index (χ2n) is 9.16. The summed E-state index contributed by atoms with van der Waals surface area (Å²) in [6.07, 6.45) is 5.03. The molecule has 33 heavy (non-hydrogen) atoms. The smallest absolute Gasteiger partial charge is 0.255 e. The van der Waals surface area contributed by atoms with Crippen LogP contribution in [0, 0.1) is 0 Å². The molecule has 3 aromatic rings. The van der Waals surface area contributed by atoms with Gasteiger partial charge in [-0.2, -0.15) is 0 Å². The molecule has 0 radical (unpaired) electrons. The first-order valence-electron chi connectivity index (χ1n) is 11.5. The summed E-state index contributed by atoms with van der Waals surface area (Å²) >= 11 is 0. The van der Waals surface area contributed by atoms with E-state index in [0.29, 0.717) is 18.5 Å². The molecule has 6 rings (SSSR count). The van der Waals surface area contributed by atoms with E-state index < -0.39 is 11.9 Å². The van der Waals surface area contributed by atoms with Crippen molar-refractivity contribution in [1.29, 1.82) is 0 Å². The molecule has 0 aliphatic carbocycles. The zero-order valence-electron chi connectivity index (χ0n) is 18.3. The summed E-state index contributed by atoms with van der Waals surface area (Å²) in [6.45, 7) is 3.51. The van der Waals surface area contributed by atoms with Crippen LogP contribution in [-0.4, -0.2) is 56.6 Å². The molecule has 3 aliphatic heterocycles. The predicted molar refractivity (Wildman–Crippen MR) is 122 cm³/mol. The Labute approximate surface area is 191 Å². The van der Waals surface area contributed by atoms with Gasteiger partial charge in [-0.25, -0.2) is 4.98 Å². The number of amides is 3. The summed E-state index contributed by atoms with van der Waals surface area (Å²) in [7, 11) is 0. The number of likely N-dealkylation sites (tertiary alicyclic amines) is 1. The van der Waals surface area contributed by atoms with Crippen molar-refractivity contribution in [2.24, 2.45) is 0 Å². The highest BCUT2D eigenvalue weighted by molar-refractivity contribution is 6.05. The van der Waals surface area contributed by atoms with Gasteiger partial charge in [0.2, 0.25) is 11.8 Å². The van der Waals surface area contributed by atoms with Gasteiger partial charge in [0.1, 0.15) is 11.7 Å². The summed E-state index contributed by atoms with van der Waals surface area (Å²) in [6, 6.07) is 9.41. The summed E-state index contributed by atoms with van der Waals surface area (Å²) in [4.78, 5) is 48.9. The summed E-state index contributed by atoms with van der Waals surface area (Å²) < 4.78 is 0. The third kappa shape index (κ3) is 3.51. The number of hydrogen-bond donors (Lipinski definition) is 2. The molecule has 168 valence electrons. The van der Waals surface area contributed by atoms with Crippen LogP contribution in [0.1, 0.15) is 47.2 Å². The van der Waals surface area contributed by atoms with Crippen molar-refractivity contribution in [3.8, 4) is 11.3 Å². The maximum absolute atomic E-state index is 13.0. The fourth-order valence-corrected chi connectivity index (χ4v) is 5.30. The van der Waals surface area contributed by atoms with Gasteiger partial charge in [0.15, 0.2) is 0 Å². The van der Waals surface area contributed by atoms with E-state index in [1.165, 1.54) is 18.4 Å². The average molecular weight is 444 g/mol. The topological polar surface area (TPSA) is 98.4 Å². The number of aromatic amines is 1. The number of H-pyrrole nitrogens is 1. The molecule has 0 spiro atoms. The van der Waals surface area contributed by atoms with E-state index in [1.807, 2.05) is 24.4 Å². The number of fused-ring (bicyclic) bond motifs is 2. The monoisotopic (exact) mass is 443 g/mol. The Balaban J connectivity index is 1.32. The lowest BCUT2D eigenvalue weighted by Gasteiger charge is -2.29. The minimum absolute atomic E-state index is 0.159. The van der Waals surface area contributed by atoms with Crippen molar-refractivity contribution < 1.29 is 14.4 Å². The van der Waals surface area contributed by atoms with Gasteiger partial charge in [0.25, 0.3) is 5.91 Å². The first-order valence-corrected chi connectivity index (χ1v) is 11.5. The third-order valence-electron chi connectivity index (χ3n) is 7.03. The first kappa shape index (κ1) is 20.1. The predicted octanol–water partition coefficient (Wildman–Crippen LogP) is 2.59. The number of pyridine rings is 1. The maximum atomic E-state index is 13.0. The Morgan fingerprint density at radius 3 is 2.73 bits per heavy atom. The quantitative estimate of drug-likeness (QED) is 0.604. The molecule has 0 saturated carbocycles. The molecule has 3 aliphatic rings. The number of nitrogens with zero attached hydrogens (tertiary/aromatic N) is 3. The van der Waals surface area contributed by atoms with Crippen molar-refractivity contribution in [2.75, 3.05) is 13.1 Å². The normalized spacial score (nSPS) is 21.2. The summed E-state index contributed by atoms with van der Waals surface area (Å²) in [5.41, 5.74) is 5.43. The lowest BCUT2D eigenvalue weighted by atomic mass is 10.0. The van der Waals surface area contributed by atoms with E-state index in [2.05, 4.69) is 27.3 Å². The molecule has 5 heterocycles. The lowest BCUT2D eigenvalue weighted by molar-refractivity contribution is -0.136. The van der Waals surface area contributed by atoms with Crippen molar-refractivity contribution >= 4 is 28.8 Å². The standard InChI is InChI=1S/C25H25N5O3/c31-22-6-5-21(24(32)28-22)30-14-16-11-15(3-4-19(16)25(30)33)20-12-17(13-29-9-1-2-10-29)18-7-8-26-23(18)27-20/h3-4,7-8,11-12,21H,1-2,5-6,9-10,13-14H2,(H,26,27)(H,28,31,32). The Bertz CT molecular complexity index is 1290. The van der Waals surface area contributed by atoms with Gasteiger partial charge >= 0.3 is 0 Å². The van der Waals surface area contributed by atoms with Crippen LogP contribution in [-0.2, 0) is 22.7 Å². The molecule has 2 fully saturated rings. The van der Waals surface area contributed by atoms with Gasteiger partial charge < -0.3 is 9.88 Å². The zero-order valence-corrected chi connectivity index (χ0v) is 18.3. The highest BCUT2D eigenvalue weighted by atomic mass is 16.2. The van der Waals surface area contributed by atoms with Gasteiger partial charge in [-0.1, -0.05) is 6.07 Å². The van der Waals surface area contributed by atoms with Crippen LogP contribution < -0.4 is 5.32 Å². The molecule has 2 aromatic heterocycles. The van der Waals surface area contributed by atoms with Gasteiger partial charge in [0, 0.05) is 42.2 Å². The van der Waals surface area contributed by atoms with E-state index in [0.717, 1.165) is 47.5 Å². The molecular weight excluding hydrogens is 418 g/mol. The maximum Gasteiger partial charge on any atom is 0.255 e. The molecule has 8 nitrogen and oxygen atoms in total. The number of carbonyl (C=O) groups excluding carboxylic acids is 3. The van der Waals surface area contributed by atoms with E-state index >= 15 is 0 Å². The SMILES string of the molecule is O=C1CCC(N2Cc3cc(-c4cc(CN5CCCC5)c5cc[nH]c5n4)ccc3C2=O)C(=O)N1. The van der Waals surface area contributed by atoms with Gasteiger partial charge in [0.05, 0.1) is 5.69 Å². The van der Waals surface area contributed by atoms with Gasteiger partial charge in [-0.05, 0) is 67.7 Å². The van der Waals surface area contributed by atoms with Crippen molar-refractivity contribution in [2.45, 2.75) is 44.8 Å². The summed E-state index contributed by atoms with van der Waals surface area (Å²) in [5, 5.41) is 3.50. The minimum Gasteiger partial charge on any atom is -0.346 e. The second-order valence-corrected chi connectivity index (χ2v) is 9.16. The Kier molecular flexibility index (Phi) is 4.76. The third-order valence-corrected chi connectivity index (χ3v) is 7.03. The van der Waals surface area contributed by atoms with Crippen molar-refractivity contribution in [1.82, 2.24) is 25.1 Å². The number of piperidine rings is 1. The number of rotatable bonds is 4. The largest absolute Gasteiger partial charge is 0.346 e. The number of benzene rings is 1. The van der Waals surface area contributed by atoms with E-state index in [-0.39, 0.29) is 18.2 Å². The van der Waals surface area contributed by atoms with Gasteiger partial charge in [-0.3, -0.25) is 24.6 Å².